The number of amides is 1. The van der Waals surface area contributed by atoms with E-state index in [2.05, 4.69) is 10.3 Å². The number of aliphatic hydroxyl groups is 1. The summed E-state index contributed by atoms with van der Waals surface area (Å²) < 4.78 is 0. The predicted octanol–water partition coefficient (Wildman–Crippen LogP) is 2.76. The van der Waals surface area contributed by atoms with Crippen LogP contribution in [0, 0.1) is 0 Å². The van der Waals surface area contributed by atoms with Gasteiger partial charge in [0.25, 0.3) is 5.91 Å². The number of carbonyl (C=O) groups excluding carboxylic acids is 1. The molecule has 2 aromatic rings. The maximum atomic E-state index is 12.1. The minimum Gasteiger partial charge on any atom is -0.391 e. The highest BCUT2D eigenvalue weighted by atomic mass is 32.1. The standard InChI is InChI=1S/C13H16N2O2S2/c1-8(16)13(2,3)15-11(17)9-7-19-12(14-9)10-5-4-6-18-10/h4-8,16H,1-3H3,(H,15,17). The van der Waals surface area contributed by atoms with Gasteiger partial charge in [0, 0.05) is 5.38 Å². The normalized spacial score (nSPS) is 13.3. The van der Waals surface area contributed by atoms with Crippen LogP contribution < -0.4 is 5.32 Å². The molecule has 4 nitrogen and oxygen atoms in total. The topological polar surface area (TPSA) is 62.2 Å². The van der Waals surface area contributed by atoms with Crippen molar-refractivity contribution in [2.75, 3.05) is 0 Å². The van der Waals surface area contributed by atoms with Crippen molar-refractivity contribution in [3.63, 3.8) is 0 Å². The number of carbonyl (C=O) groups is 1. The molecule has 102 valence electrons. The summed E-state index contributed by atoms with van der Waals surface area (Å²) in [7, 11) is 0. The van der Waals surface area contributed by atoms with Crippen LogP contribution in [-0.2, 0) is 0 Å². The van der Waals surface area contributed by atoms with Crippen LogP contribution >= 0.6 is 22.7 Å². The van der Waals surface area contributed by atoms with Gasteiger partial charge in [0.05, 0.1) is 16.5 Å². The van der Waals surface area contributed by atoms with Gasteiger partial charge in [-0.15, -0.1) is 22.7 Å². The lowest BCUT2D eigenvalue weighted by Crippen LogP contribution is -2.51. The van der Waals surface area contributed by atoms with Gasteiger partial charge < -0.3 is 10.4 Å². The molecule has 0 spiro atoms. The SMILES string of the molecule is CC(O)C(C)(C)NC(=O)c1csc(-c2cccs2)n1. The zero-order valence-corrected chi connectivity index (χ0v) is 12.6. The highest BCUT2D eigenvalue weighted by molar-refractivity contribution is 7.20. The van der Waals surface area contributed by atoms with Crippen LogP contribution in [0.2, 0.25) is 0 Å². The summed E-state index contributed by atoms with van der Waals surface area (Å²) in [5.41, 5.74) is -0.286. The molecule has 0 radical (unpaired) electrons. The molecule has 0 aromatic carbocycles. The summed E-state index contributed by atoms with van der Waals surface area (Å²) in [4.78, 5) is 17.5. The molecule has 2 rings (SSSR count). The third kappa shape index (κ3) is 3.20. The minimum absolute atomic E-state index is 0.259. The van der Waals surface area contributed by atoms with Crippen LogP contribution in [-0.4, -0.2) is 27.6 Å². The molecule has 0 aliphatic heterocycles. The molecule has 0 saturated carbocycles. The lowest BCUT2D eigenvalue weighted by Gasteiger charge is -2.28. The number of nitrogens with zero attached hydrogens (tertiary/aromatic N) is 1. The van der Waals surface area contributed by atoms with E-state index in [4.69, 9.17) is 0 Å². The Hall–Kier alpha value is -1.24. The Balaban J connectivity index is 2.13. The summed E-state index contributed by atoms with van der Waals surface area (Å²) in [6.07, 6.45) is -0.633. The smallest absolute Gasteiger partial charge is 0.271 e. The second kappa shape index (κ2) is 5.40. The summed E-state index contributed by atoms with van der Waals surface area (Å²) in [5, 5.41) is 17.0. The first-order chi connectivity index (χ1) is 8.90. The van der Waals surface area contributed by atoms with Crippen LogP contribution in [0.15, 0.2) is 22.9 Å². The molecule has 2 aromatic heterocycles. The molecule has 1 unspecified atom stereocenters. The first-order valence-corrected chi connectivity index (χ1v) is 7.66. The number of rotatable bonds is 4. The highest BCUT2D eigenvalue weighted by Crippen LogP contribution is 2.27. The Morgan fingerprint density at radius 3 is 2.79 bits per heavy atom. The maximum absolute atomic E-state index is 12.1. The summed E-state index contributed by atoms with van der Waals surface area (Å²) >= 11 is 3.04. The maximum Gasteiger partial charge on any atom is 0.271 e. The number of thiazole rings is 1. The van der Waals surface area contributed by atoms with Gasteiger partial charge in [0.15, 0.2) is 0 Å². The van der Waals surface area contributed by atoms with Gasteiger partial charge in [-0.3, -0.25) is 4.79 Å². The summed E-state index contributed by atoms with van der Waals surface area (Å²) in [5.74, 6) is -0.259. The van der Waals surface area contributed by atoms with Gasteiger partial charge in [0.1, 0.15) is 10.7 Å². The van der Waals surface area contributed by atoms with Crippen LogP contribution in [0.25, 0.3) is 9.88 Å². The van der Waals surface area contributed by atoms with E-state index in [1.807, 2.05) is 17.5 Å². The van der Waals surface area contributed by atoms with Crippen molar-refractivity contribution in [3.8, 4) is 9.88 Å². The number of aliphatic hydroxyl groups excluding tert-OH is 1. The van der Waals surface area contributed by atoms with E-state index in [1.54, 1.807) is 37.5 Å². The van der Waals surface area contributed by atoms with E-state index in [9.17, 15) is 9.90 Å². The van der Waals surface area contributed by atoms with Crippen molar-refractivity contribution in [1.29, 1.82) is 0 Å². The van der Waals surface area contributed by atoms with Gasteiger partial charge >= 0.3 is 0 Å². The number of aromatic nitrogens is 1. The monoisotopic (exact) mass is 296 g/mol. The lowest BCUT2D eigenvalue weighted by molar-refractivity contribution is 0.0706. The fourth-order valence-corrected chi connectivity index (χ4v) is 2.97. The Kier molecular flexibility index (Phi) is 4.03. The molecule has 6 heteroatoms. The fraction of sp³-hybridized carbons (Fsp3) is 0.385. The van der Waals surface area contributed by atoms with Gasteiger partial charge in [-0.2, -0.15) is 0 Å². The summed E-state index contributed by atoms with van der Waals surface area (Å²) in [6.45, 7) is 5.21. The third-order valence-electron chi connectivity index (χ3n) is 2.95. The zero-order chi connectivity index (χ0) is 14.0. The molecule has 1 atom stereocenters. The molecule has 0 aliphatic rings. The molecule has 0 bridgehead atoms. The van der Waals surface area contributed by atoms with Gasteiger partial charge in [-0.25, -0.2) is 4.98 Å². The van der Waals surface area contributed by atoms with E-state index >= 15 is 0 Å². The molecule has 1 amide bonds. The highest BCUT2D eigenvalue weighted by Gasteiger charge is 2.27. The average molecular weight is 296 g/mol. The second-order valence-corrected chi connectivity index (χ2v) is 6.67. The lowest BCUT2D eigenvalue weighted by atomic mass is 9.99. The van der Waals surface area contributed by atoms with E-state index < -0.39 is 11.6 Å². The Morgan fingerprint density at radius 1 is 1.47 bits per heavy atom. The Morgan fingerprint density at radius 2 is 2.21 bits per heavy atom. The van der Waals surface area contributed by atoms with Gasteiger partial charge in [-0.05, 0) is 32.2 Å². The van der Waals surface area contributed by atoms with Crippen molar-refractivity contribution in [2.24, 2.45) is 0 Å². The molecule has 19 heavy (non-hydrogen) atoms. The fourth-order valence-electron chi connectivity index (χ4n) is 1.35. The quantitative estimate of drug-likeness (QED) is 0.912. The minimum atomic E-state index is -0.677. The summed E-state index contributed by atoms with van der Waals surface area (Å²) in [6, 6.07) is 3.93. The third-order valence-corrected chi connectivity index (χ3v) is 4.83. The molecule has 0 saturated heterocycles. The van der Waals surface area contributed by atoms with E-state index in [0.717, 1.165) is 9.88 Å². The molecule has 0 fully saturated rings. The number of nitrogens with one attached hydrogen (secondary N) is 1. The molecule has 2 N–H and O–H groups in total. The molecular formula is C13H16N2O2S2. The number of hydrogen-bond acceptors (Lipinski definition) is 5. The van der Waals surface area contributed by atoms with Crippen molar-refractivity contribution >= 4 is 28.6 Å². The molecule has 2 heterocycles. The first-order valence-electron chi connectivity index (χ1n) is 5.90. The largest absolute Gasteiger partial charge is 0.391 e. The van der Waals surface area contributed by atoms with Crippen molar-refractivity contribution in [2.45, 2.75) is 32.4 Å². The predicted molar refractivity (Wildman–Crippen MR) is 78.7 cm³/mol. The number of hydrogen-bond donors (Lipinski definition) is 2. The molecular weight excluding hydrogens is 280 g/mol. The van der Waals surface area contributed by atoms with Gasteiger partial charge in [0.2, 0.25) is 0 Å². The average Bonchev–Trinajstić information content (AvgIpc) is 2.99. The van der Waals surface area contributed by atoms with Crippen LogP contribution in [0.3, 0.4) is 0 Å². The Labute approximate surface area is 120 Å². The van der Waals surface area contributed by atoms with Crippen LogP contribution in [0.1, 0.15) is 31.3 Å². The van der Waals surface area contributed by atoms with E-state index in [1.165, 1.54) is 11.3 Å². The first kappa shape index (κ1) is 14.2. The van der Waals surface area contributed by atoms with E-state index in [0.29, 0.717) is 5.69 Å². The van der Waals surface area contributed by atoms with Crippen molar-refractivity contribution in [1.82, 2.24) is 10.3 Å². The molecule has 0 aliphatic carbocycles. The Bertz CT molecular complexity index is 559. The second-order valence-electron chi connectivity index (χ2n) is 4.87. The van der Waals surface area contributed by atoms with Gasteiger partial charge in [-0.1, -0.05) is 6.07 Å². The van der Waals surface area contributed by atoms with Crippen molar-refractivity contribution in [3.05, 3.63) is 28.6 Å². The zero-order valence-electron chi connectivity index (χ0n) is 11.0. The van der Waals surface area contributed by atoms with Crippen LogP contribution in [0.4, 0.5) is 0 Å². The van der Waals surface area contributed by atoms with E-state index in [-0.39, 0.29) is 5.91 Å². The van der Waals surface area contributed by atoms with Crippen LogP contribution in [0.5, 0.6) is 0 Å². The number of thiophene rings is 1. The van der Waals surface area contributed by atoms with Crippen molar-refractivity contribution < 1.29 is 9.90 Å².